The van der Waals surface area contributed by atoms with Crippen LogP contribution in [-0.4, -0.2) is 63.7 Å². The number of aromatic nitrogens is 3. The Hall–Kier alpha value is -2.21. The van der Waals surface area contributed by atoms with Crippen molar-refractivity contribution in [2.75, 3.05) is 33.2 Å². The maximum Gasteiger partial charge on any atom is 0.255 e. The van der Waals surface area contributed by atoms with E-state index in [1.807, 2.05) is 30.3 Å². The zero-order valence-corrected chi connectivity index (χ0v) is 12.4. The van der Waals surface area contributed by atoms with E-state index in [0.717, 1.165) is 37.4 Å². The lowest BCUT2D eigenvalue weighted by molar-refractivity contribution is 0.0663. The standard InChI is InChI=1S/C15H19N5O/c1-18-5-7-20(8-6-18)15(21)12-3-4-14(16-9-12)13-10-17-19(2)11-13/h3-4,9-11H,5-8H2,1-2H3. The normalized spacial score (nSPS) is 16.2. The monoisotopic (exact) mass is 285 g/mol. The lowest BCUT2D eigenvalue weighted by Crippen LogP contribution is -2.47. The van der Waals surface area contributed by atoms with Crippen LogP contribution in [0.5, 0.6) is 0 Å². The molecular weight excluding hydrogens is 266 g/mol. The summed E-state index contributed by atoms with van der Waals surface area (Å²) < 4.78 is 1.74. The van der Waals surface area contributed by atoms with Crippen molar-refractivity contribution in [3.05, 3.63) is 36.3 Å². The van der Waals surface area contributed by atoms with E-state index in [1.54, 1.807) is 17.1 Å². The molecule has 0 unspecified atom stereocenters. The van der Waals surface area contributed by atoms with E-state index in [0.29, 0.717) is 5.56 Å². The molecule has 1 aliphatic heterocycles. The molecule has 0 atom stereocenters. The van der Waals surface area contributed by atoms with Crippen molar-refractivity contribution in [1.82, 2.24) is 24.6 Å². The van der Waals surface area contributed by atoms with Gasteiger partial charge in [-0.3, -0.25) is 14.5 Å². The fourth-order valence-corrected chi connectivity index (χ4v) is 2.44. The number of nitrogens with zero attached hydrogens (tertiary/aromatic N) is 5. The molecule has 2 aromatic heterocycles. The third-order valence-electron chi connectivity index (χ3n) is 3.80. The predicted molar refractivity (Wildman–Crippen MR) is 79.8 cm³/mol. The van der Waals surface area contributed by atoms with E-state index < -0.39 is 0 Å². The first-order chi connectivity index (χ1) is 10.1. The summed E-state index contributed by atoms with van der Waals surface area (Å²) in [6.07, 6.45) is 5.33. The topological polar surface area (TPSA) is 54.3 Å². The van der Waals surface area contributed by atoms with Crippen LogP contribution in [0, 0.1) is 0 Å². The smallest absolute Gasteiger partial charge is 0.255 e. The fourth-order valence-electron chi connectivity index (χ4n) is 2.44. The second kappa shape index (κ2) is 5.65. The number of carbonyl (C=O) groups is 1. The molecule has 1 fully saturated rings. The number of pyridine rings is 1. The molecule has 0 bridgehead atoms. The first-order valence-electron chi connectivity index (χ1n) is 7.06. The summed E-state index contributed by atoms with van der Waals surface area (Å²) in [4.78, 5) is 20.9. The Morgan fingerprint density at radius 3 is 2.43 bits per heavy atom. The minimum Gasteiger partial charge on any atom is -0.336 e. The molecule has 3 rings (SSSR count). The minimum absolute atomic E-state index is 0.0633. The molecule has 110 valence electrons. The number of aryl methyl sites for hydroxylation is 1. The highest BCUT2D eigenvalue weighted by Gasteiger charge is 2.20. The molecule has 1 aliphatic rings. The van der Waals surface area contributed by atoms with Gasteiger partial charge >= 0.3 is 0 Å². The van der Waals surface area contributed by atoms with Crippen molar-refractivity contribution in [1.29, 1.82) is 0 Å². The van der Waals surface area contributed by atoms with E-state index in [2.05, 4.69) is 22.0 Å². The van der Waals surface area contributed by atoms with Crippen LogP contribution in [0.3, 0.4) is 0 Å². The van der Waals surface area contributed by atoms with Crippen LogP contribution in [0.2, 0.25) is 0 Å². The highest BCUT2D eigenvalue weighted by atomic mass is 16.2. The highest BCUT2D eigenvalue weighted by molar-refractivity contribution is 5.94. The summed E-state index contributed by atoms with van der Waals surface area (Å²) in [6, 6.07) is 3.72. The van der Waals surface area contributed by atoms with Gasteiger partial charge in [0.2, 0.25) is 0 Å². The van der Waals surface area contributed by atoms with Gasteiger partial charge < -0.3 is 9.80 Å². The summed E-state index contributed by atoms with van der Waals surface area (Å²) in [5.74, 6) is 0.0633. The first kappa shape index (κ1) is 13.8. The van der Waals surface area contributed by atoms with Gasteiger partial charge in [0.25, 0.3) is 5.91 Å². The van der Waals surface area contributed by atoms with Gasteiger partial charge in [0, 0.05) is 51.2 Å². The zero-order chi connectivity index (χ0) is 14.8. The Morgan fingerprint density at radius 1 is 1.10 bits per heavy atom. The van der Waals surface area contributed by atoms with Gasteiger partial charge in [-0.25, -0.2) is 0 Å². The Labute approximate surface area is 124 Å². The Morgan fingerprint density at radius 2 is 1.86 bits per heavy atom. The lowest BCUT2D eigenvalue weighted by Gasteiger charge is -2.32. The largest absolute Gasteiger partial charge is 0.336 e. The van der Waals surface area contributed by atoms with Crippen LogP contribution in [0.1, 0.15) is 10.4 Å². The summed E-state index contributed by atoms with van der Waals surface area (Å²) >= 11 is 0. The number of hydrogen-bond acceptors (Lipinski definition) is 4. The van der Waals surface area contributed by atoms with Crippen molar-refractivity contribution >= 4 is 5.91 Å². The third-order valence-corrected chi connectivity index (χ3v) is 3.80. The van der Waals surface area contributed by atoms with Gasteiger partial charge in [0.15, 0.2) is 0 Å². The van der Waals surface area contributed by atoms with E-state index in [-0.39, 0.29) is 5.91 Å². The summed E-state index contributed by atoms with van der Waals surface area (Å²) in [6.45, 7) is 3.40. The SMILES string of the molecule is CN1CCN(C(=O)c2ccc(-c3cnn(C)c3)nc2)CC1. The van der Waals surface area contributed by atoms with Gasteiger partial charge in [0.1, 0.15) is 0 Å². The number of amides is 1. The molecule has 1 amide bonds. The van der Waals surface area contributed by atoms with Crippen LogP contribution in [0.4, 0.5) is 0 Å². The molecule has 3 heterocycles. The van der Waals surface area contributed by atoms with Gasteiger partial charge in [0.05, 0.1) is 17.5 Å². The molecule has 0 N–H and O–H groups in total. The first-order valence-corrected chi connectivity index (χ1v) is 7.06. The van der Waals surface area contributed by atoms with Crippen LogP contribution in [0.15, 0.2) is 30.7 Å². The van der Waals surface area contributed by atoms with Gasteiger partial charge in [-0.1, -0.05) is 0 Å². The molecular formula is C15H19N5O. The highest BCUT2D eigenvalue weighted by Crippen LogP contribution is 2.16. The Balaban J connectivity index is 1.73. The Kier molecular flexibility index (Phi) is 3.70. The van der Waals surface area contributed by atoms with Crippen molar-refractivity contribution in [2.24, 2.45) is 7.05 Å². The van der Waals surface area contributed by atoms with Crippen molar-refractivity contribution in [2.45, 2.75) is 0 Å². The molecule has 0 saturated carbocycles. The number of carbonyl (C=O) groups excluding carboxylic acids is 1. The van der Waals surface area contributed by atoms with E-state index in [1.165, 1.54) is 0 Å². The van der Waals surface area contributed by atoms with Crippen molar-refractivity contribution in [3.63, 3.8) is 0 Å². The molecule has 0 spiro atoms. The number of piperazine rings is 1. The molecule has 0 radical (unpaired) electrons. The molecule has 21 heavy (non-hydrogen) atoms. The molecule has 1 saturated heterocycles. The number of hydrogen-bond donors (Lipinski definition) is 0. The summed E-state index contributed by atoms with van der Waals surface area (Å²) in [7, 11) is 3.95. The van der Waals surface area contributed by atoms with Crippen LogP contribution >= 0.6 is 0 Å². The van der Waals surface area contributed by atoms with Gasteiger partial charge in [-0.15, -0.1) is 0 Å². The molecule has 6 nitrogen and oxygen atoms in total. The summed E-state index contributed by atoms with van der Waals surface area (Å²) in [5.41, 5.74) is 2.43. The third kappa shape index (κ3) is 2.95. The van der Waals surface area contributed by atoms with Crippen LogP contribution < -0.4 is 0 Å². The zero-order valence-electron chi connectivity index (χ0n) is 12.4. The van der Waals surface area contributed by atoms with E-state index >= 15 is 0 Å². The maximum absolute atomic E-state index is 12.4. The average molecular weight is 285 g/mol. The fraction of sp³-hybridized carbons (Fsp3) is 0.400. The lowest BCUT2D eigenvalue weighted by atomic mass is 10.1. The molecule has 2 aromatic rings. The second-order valence-electron chi connectivity index (χ2n) is 5.43. The van der Waals surface area contributed by atoms with E-state index in [9.17, 15) is 4.79 Å². The number of rotatable bonds is 2. The van der Waals surface area contributed by atoms with Crippen LogP contribution in [0.25, 0.3) is 11.3 Å². The Bertz CT molecular complexity index is 626. The second-order valence-corrected chi connectivity index (χ2v) is 5.43. The minimum atomic E-state index is 0.0633. The number of likely N-dealkylation sites (N-methyl/N-ethyl adjacent to an activating group) is 1. The molecule has 0 aliphatic carbocycles. The van der Waals surface area contributed by atoms with Crippen LogP contribution in [-0.2, 0) is 7.05 Å². The van der Waals surface area contributed by atoms with Gasteiger partial charge in [-0.2, -0.15) is 5.10 Å². The quantitative estimate of drug-likeness (QED) is 0.821. The van der Waals surface area contributed by atoms with Crippen molar-refractivity contribution in [3.8, 4) is 11.3 Å². The maximum atomic E-state index is 12.4. The van der Waals surface area contributed by atoms with E-state index in [4.69, 9.17) is 0 Å². The molecule has 6 heteroatoms. The summed E-state index contributed by atoms with van der Waals surface area (Å²) in [5, 5.41) is 4.13. The predicted octanol–water partition coefficient (Wildman–Crippen LogP) is 0.870. The van der Waals surface area contributed by atoms with Gasteiger partial charge in [-0.05, 0) is 19.2 Å². The average Bonchev–Trinajstić information content (AvgIpc) is 2.94. The molecule has 0 aromatic carbocycles. The van der Waals surface area contributed by atoms with Crippen molar-refractivity contribution < 1.29 is 4.79 Å².